The Labute approximate surface area is 66.2 Å². The second-order valence-corrected chi connectivity index (χ2v) is 3.28. The molecule has 1 heterocycles. The van der Waals surface area contributed by atoms with E-state index in [2.05, 4.69) is 12.0 Å². The summed E-state index contributed by atoms with van der Waals surface area (Å²) in [5.74, 6) is 1.60. The van der Waals surface area contributed by atoms with Gasteiger partial charge in [-0.25, -0.2) is 4.68 Å². The van der Waals surface area contributed by atoms with E-state index in [-0.39, 0.29) is 0 Å². The second-order valence-electron chi connectivity index (χ2n) is 3.28. The molecule has 0 saturated heterocycles. The Hall–Kier alpha value is -0.990. The van der Waals surface area contributed by atoms with Crippen molar-refractivity contribution in [2.24, 2.45) is 5.92 Å². The third-order valence-corrected chi connectivity index (χ3v) is 2.39. The van der Waals surface area contributed by atoms with Gasteiger partial charge in [-0.15, -0.1) is 0 Å². The molecule has 3 heteroatoms. The van der Waals surface area contributed by atoms with Gasteiger partial charge in [0.25, 0.3) is 0 Å². The Bertz CT molecular complexity index is 250. The quantitative estimate of drug-likeness (QED) is 0.695. The molecule has 11 heavy (non-hydrogen) atoms. The van der Waals surface area contributed by atoms with Crippen molar-refractivity contribution in [1.29, 1.82) is 0 Å². The fraction of sp³-hybridized carbons (Fsp3) is 0.625. The summed E-state index contributed by atoms with van der Waals surface area (Å²) in [6, 6.07) is 2.34. The first-order chi connectivity index (χ1) is 5.29. The average molecular weight is 151 g/mol. The van der Waals surface area contributed by atoms with Crippen molar-refractivity contribution >= 4 is 5.82 Å². The van der Waals surface area contributed by atoms with Gasteiger partial charge in [0.15, 0.2) is 0 Å². The van der Waals surface area contributed by atoms with Crippen LogP contribution in [0.2, 0.25) is 0 Å². The van der Waals surface area contributed by atoms with Crippen molar-refractivity contribution in [3.05, 3.63) is 12.3 Å². The van der Waals surface area contributed by atoms with Crippen LogP contribution in [-0.4, -0.2) is 9.78 Å². The maximum absolute atomic E-state index is 5.71. The lowest BCUT2D eigenvalue weighted by Gasteiger charge is -2.11. The Morgan fingerprint density at radius 2 is 2.45 bits per heavy atom. The summed E-state index contributed by atoms with van der Waals surface area (Å²) in [4.78, 5) is 0. The molecule has 1 aromatic heterocycles. The molecule has 1 aliphatic rings. The third kappa shape index (κ3) is 1.11. The monoisotopic (exact) mass is 151 g/mol. The molecule has 1 fully saturated rings. The molecular formula is C8H13N3. The zero-order chi connectivity index (χ0) is 7.84. The first kappa shape index (κ1) is 6.70. The summed E-state index contributed by atoms with van der Waals surface area (Å²) in [5.41, 5.74) is 5.71. The molecule has 0 aromatic carbocycles. The molecule has 0 amide bonds. The predicted octanol–water partition coefficient (Wildman–Crippen LogP) is 1.44. The van der Waals surface area contributed by atoms with Crippen molar-refractivity contribution in [2.45, 2.75) is 25.8 Å². The average Bonchev–Trinajstić information content (AvgIpc) is 2.74. The number of anilines is 1. The summed E-state index contributed by atoms with van der Waals surface area (Å²) >= 11 is 0. The van der Waals surface area contributed by atoms with E-state index in [0.29, 0.717) is 6.04 Å². The van der Waals surface area contributed by atoms with Crippen LogP contribution in [0.3, 0.4) is 0 Å². The summed E-state index contributed by atoms with van der Waals surface area (Å²) in [7, 11) is 0. The largest absolute Gasteiger partial charge is 0.384 e. The normalized spacial score (nSPS) is 20.1. The molecule has 2 rings (SSSR count). The number of rotatable bonds is 2. The van der Waals surface area contributed by atoms with Gasteiger partial charge in [-0.3, -0.25) is 0 Å². The zero-order valence-electron chi connectivity index (χ0n) is 6.70. The van der Waals surface area contributed by atoms with Crippen molar-refractivity contribution < 1.29 is 0 Å². The Morgan fingerprint density at radius 1 is 1.73 bits per heavy atom. The minimum Gasteiger partial charge on any atom is -0.384 e. The lowest BCUT2D eigenvalue weighted by molar-refractivity contribution is 0.446. The van der Waals surface area contributed by atoms with Crippen LogP contribution in [0.4, 0.5) is 5.82 Å². The van der Waals surface area contributed by atoms with Crippen LogP contribution in [0.1, 0.15) is 25.8 Å². The van der Waals surface area contributed by atoms with Crippen LogP contribution < -0.4 is 5.73 Å². The van der Waals surface area contributed by atoms with E-state index in [1.165, 1.54) is 12.8 Å². The summed E-state index contributed by atoms with van der Waals surface area (Å²) < 4.78 is 1.91. The molecule has 1 atom stereocenters. The van der Waals surface area contributed by atoms with Crippen molar-refractivity contribution in [1.82, 2.24) is 9.78 Å². The highest BCUT2D eigenvalue weighted by Gasteiger charge is 2.30. The van der Waals surface area contributed by atoms with Gasteiger partial charge in [-0.05, 0) is 31.7 Å². The van der Waals surface area contributed by atoms with Gasteiger partial charge in [-0.2, -0.15) is 5.10 Å². The third-order valence-electron chi connectivity index (χ3n) is 2.39. The van der Waals surface area contributed by atoms with Gasteiger partial charge < -0.3 is 5.73 Å². The number of hydrogen-bond acceptors (Lipinski definition) is 2. The Balaban J connectivity index is 2.20. The van der Waals surface area contributed by atoms with E-state index in [1.54, 1.807) is 6.20 Å². The molecule has 1 unspecified atom stereocenters. The smallest absolute Gasteiger partial charge is 0.121 e. The van der Waals surface area contributed by atoms with E-state index in [1.807, 2.05) is 10.7 Å². The van der Waals surface area contributed by atoms with Crippen LogP contribution in [-0.2, 0) is 0 Å². The number of aromatic nitrogens is 2. The fourth-order valence-electron chi connectivity index (χ4n) is 1.44. The van der Waals surface area contributed by atoms with E-state index in [9.17, 15) is 0 Å². The Morgan fingerprint density at radius 3 is 2.91 bits per heavy atom. The van der Waals surface area contributed by atoms with Crippen LogP contribution in [0, 0.1) is 5.92 Å². The van der Waals surface area contributed by atoms with Gasteiger partial charge in [-0.1, -0.05) is 0 Å². The lowest BCUT2D eigenvalue weighted by Crippen LogP contribution is -2.11. The summed E-state index contributed by atoms with van der Waals surface area (Å²) in [6.07, 6.45) is 4.43. The minimum atomic E-state index is 0.491. The van der Waals surface area contributed by atoms with E-state index in [4.69, 9.17) is 5.73 Å². The first-order valence-electron chi connectivity index (χ1n) is 4.08. The number of nitrogens with two attached hydrogens (primary N) is 1. The molecule has 1 aromatic rings. The number of hydrogen-bond donors (Lipinski definition) is 1. The van der Waals surface area contributed by atoms with Crippen molar-refractivity contribution in [3.8, 4) is 0 Å². The van der Waals surface area contributed by atoms with Gasteiger partial charge in [0.2, 0.25) is 0 Å². The van der Waals surface area contributed by atoms with Crippen LogP contribution >= 0.6 is 0 Å². The SMILES string of the molecule is CC(C1CC1)n1nccc1N. The molecule has 2 N–H and O–H groups in total. The Kier molecular flexibility index (Phi) is 1.37. The highest BCUT2D eigenvalue weighted by molar-refractivity contribution is 5.26. The molecule has 0 radical (unpaired) electrons. The highest BCUT2D eigenvalue weighted by Crippen LogP contribution is 2.39. The number of nitrogen functional groups attached to an aromatic ring is 1. The predicted molar refractivity (Wildman–Crippen MR) is 44.1 cm³/mol. The fourth-order valence-corrected chi connectivity index (χ4v) is 1.44. The summed E-state index contributed by atoms with van der Waals surface area (Å²) in [5, 5.41) is 4.17. The first-order valence-corrected chi connectivity index (χ1v) is 4.08. The maximum Gasteiger partial charge on any atom is 0.121 e. The van der Waals surface area contributed by atoms with E-state index in [0.717, 1.165) is 11.7 Å². The molecule has 0 spiro atoms. The standard InChI is InChI=1S/C8H13N3/c1-6(7-2-3-7)11-8(9)4-5-10-11/h4-7H,2-3,9H2,1H3. The van der Waals surface area contributed by atoms with Crippen molar-refractivity contribution in [3.63, 3.8) is 0 Å². The van der Waals surface area contributed by atoms with Gasteiger partial charge in [0, 0.05) is 0 Å². The van der Waals surface area contributed by atoms with Crippen LogP contribution in [0.15, 0.2) is 12.3 Å². The van der Waals surface area contributed by atoms with Gasteiger partial charge in [0.05, 0.1) is 12.2 Å². The zero-order valence-corrected chi connectivity index (χ0v) is 6.70. The van der Waals surface area contributed by atoms with Gasteiger partial charge >= 0.3 is 0 Å². The second kappa shape index (κ2) is 2.26. The molecule has 60 valence electrons. The van der Waals surface area contributed by atoms with Gasteiger partial charge in [0.1, 0.15) is 5.82 Å². The van der Waals surface area contributed by atoms with E-state index < -0.39 is 0 Å². The molecule has 0 bridgehead atoms. The molecular weight excluding hydrogens is 138 g/mol. The van der Waals surface area contributed by atoms with Crippen LogP contribution in [0.25, 0.3) is 0 Å². The lowest BCUT2D eigenvalue weighted by atomic mass is 10.2. The van der Waals surface area contributed by atoms with Crippen LogP contribution in [0.5, 0.6) is 0 Å². The molecule has 1 aliphatic carbocycles. The summed E-state index contributed by atoms with van der Waals surface area (Å²) in [6.45, 7) is 2.18. The molecule has 1 saturated carbocycles. The maximum atomic E-state index is 5.71. The van der Waals surface area contributed by atoms with Crippen molar-refractivity contribution in [2.75, 3.05) is 5.73 Å². The minimum absolute atomic E-state index is 0.491. The van der Waals surface area contributed by atoms with E-state index >= 15 is 0 Å². The topological polar surface area (TPSA) is 43.8 Å². The number of nitrogens with zero attached hydrogens (tertiary/aromatic N) is 2. The highest BCUT2D eigenvalue weighted by atomic mass is 15.3. The molecule has 0 aliphatic heterocycles. The molecule has 3 nitrogen and oxygen atoms in total.